The molecule has 74 valence electrons. The normalized spacial score (nSPS) is 11.0. The number of ether oxygens (including phenoxy) is 1. The molecule has 0 fully saturated rings. The molecular weight excluding hydrogens is 246 g/mol. The van der Waals surface area contributed by atoms with Crippen LogP contribution in [0.3, 0.4) is 0 Å². The van der Waals surface area contributed by atoms with E-state index in [2.05, 4.69) is 26.0 Å². The van der Waals surface area contributed by atoms with Crippen molar-refractivity contribution in [2.45, 2.75) is 6.54 Å². The summed E-state index contributed by atoms with van der Waals surface area (Å²) in [5.41, 5.74) is 1.07. The molecule has 2 aromatic rings. The van der Waals surface area contributed by atoms with Crippen molar-refractivity contribution in [2.24, 2.45) is 0 Å². The smallest absolute Gasteiger partial charge is 0.0856 e. The number of rotatable bonds is 3. The Labute approximate surface area is 90.0 Å². The molecule has 0 spiro atoms. The lowest BCUT2D eigenvalue weighted by Crippen LogP contribution is -2.05. The van der Waals surface area contributed by atoms with Crippen LogP contribution in [0.1, 0.15) is 0 Å². The molecule has 0 amide bonds. The molecule has 0 aliphatic carbocycles. The molecule has 0 aliphatic heterocycles. The number of hydrogen-bond acceptors (Lipinski definition) is 3. The minimum absolute atomic E-state index is 0.658. The lowest BCUT2D eigenvalue weighted by Gasteiger charge is -2.03. The van der Waals surface area contributed by atoms with E-state index in [1.54, 1.807) is 19.5 Å². The monoisotopic (exact) mass is 255 g/mol. The van der Waals surface area contributed by atoms with Gasteiger partial charge < -0.3 is 4.74 Å². The lowest BCUT2D eigenvalue weighted by atomic mass is 10.3. The molecule has 4 nitrogen and oxygen atoms in total. The first kappa shape index (κ1) is 9.61. The number of nitrogens with zero attached hydrogens (tertiary/aromatic N) is 3. The minimum Gasteiger partial charge on any atom is -0.383 e. The maximum absolute atomic E-state index is 5.01. The average molecular weight is 256 g/mol. The molecule has 0 N–H and O–H groups in total. The zero-order chi connectivity index (χ0) is 9.97. The zero-order valence-corrected chi connectivity index (χ0v) is 9.36. The van der Waals surface area contributed by atoms with Crippen LogP contribution in [-0.2, 0) is 11.3 Å². The highest BCUT2D eigenvalue weighted by molar-refractivity contribution is 9.10. The quantitative estimate of drug-likeness (QED) is 0.841. The van der Waals surface area contributed by atoms with E-state index in [1.165, 1.54) is 0 Å². The number of hydrogen-bond donors (Lipinski definition) is 0. The van der Waals surface area contributed by atoms with Crippen LogP contribution in [0.5, 0.6) is 0 Å². The van der Waals surface area contributed by atoms with Crippen molar-refractivity contribution in [3.05, 3.63) is 23.1 Å². The number of pyridine rings is 1. The summed E-state index contributed by atoms with van der Waals surface area (Å²) in [5.74, 6) is 0. The Morgan fingerprint density at radius 1 is 1.43 bits per heavy atom. The van der Waals surface area contributed by atoms with Gasteiger partial charge in [0.05, 0.1) is 29.3 Å². The molecule has 14 heavy (non-hydrogen) atoms. The molecule has 0 atom stereocenters. The third kappa shape index (κ3) is 1.65. The fourth-order valence-electron chi connectivity index (χ4n) is 1.35. The molecule has 2 aromatic heterocycles. The maximum atomic E-state index is 5.01. The standard InChI is InChI=1S/C9H10BrN3O/c1-14-3-2-13-9-7(5-12-13)4-11-6-8(9)10/h4-6H,2-3H2,1H3. The summed E-state index contributed by atoms with van der Waals surface area (Å²) >= 11 is 3.45. The lowest BCUT2D eigenvalue weighted by molar-refractivity contribution is 0.185. The van der Waals surface area contributed by atoms with Crippen LogP contribution in [0.25, 0.3) is 10.9 Å². The van der Waals surface area contributed by atoms with Crippen molar-refractivity contribution in [3.8, 4) is 0 Å². The third-order valence-electron chi connectivity index (χ3n) is 2.00. The van der Waals surface area contributed by atoms with Crippen molar-refractivity contribution >= 4 is 26.8 Å². The van der Waals surface area contributed by atoms with Crippen molar-refractivity contribution in [1.82, 2.24) is 14.8 Å². The van der Waals surface area contributed by atoms with Gasteiger partial charge in [-0.2, -0.15) is 5.10 Å². The summed E-state index contributed by atoms with van der Waals surface area (Å²) in [6, 6.07) is 0. The fraction of sp³-hybridized carbons (Fsp3) is 0.333. The van der Waals surface area contributed by atoms with Gasteiger partial charge in [-0.3, -0.25) is 9.67 Å². The predicted molar refractivity (Wildman–Crippen MR) is 57.1 cm³/mol. The molecule has 0 bridgehead atoms. The molecule has 0 aromatic carbocycles. The third-order valence-corrected chi connectivity index (χ3v) is 2.58. The van der Waals surface area contributed by atoms with Gasteiger partial charge in [0.1, 0.15) is 0 Å². The molecule has 0 unspecified atom stereocenters. The molecule has 0 radical (unpaired) electrons. The van der Waals surface area contributed by atoms with Gasteiger partial charge in [-0.15, -0.1) is 0 Å². The highest BCUT2D eigenvalue weighted by atomic mass is 79.9. The van der Waals surface area contributed by atoms with E-state index < -0.39 is 0 Å². The predicted octanol–water partition coefficient (Wildman–Crippen LogP) is 1.84. The number of fused-ring (bicyclic) bond motifs is 1. The molecular formula is C9H10BrN3O. The van der Waals surface area contributed by atoms with Gasteiger partial charge in [0.25, 0.3) is 0 Å². The highest BCUT2D eigenvalue weighted by Crippen LogP contribution is 2.21. The molecule has 0 saturated carbocycles. The van der Waals surface area contributed by atoms with Crippen LogP contribution in [0, 0.1) is 0 Å². The molecule has 2 heterocycles. The van der Waals surface area contributed by atoms with E-state index in [1.807, 2.05) is 10.9 Å². The highest BCUT2D eigenvalue weighted by Gasteiger charge is 2.05. The number of methoxy groups -OCH3 is 1. The second kappa shape index (κ2) is 4.06. The van der Waals surface area contributed by atoms with Gasteiger partial charge in [-0.25, -0.2) is 0 Å². The van der Waals surface area contributed by atoms with Crippen molar-refractivity contribution in [2.75, 3.05) is 13.7 Å². The van der Waals surface area contributed by atoms with Crippen molar-refractivity contribution < 1.29 is 4.74 Å². The summed E-state index contributed by atoms with van der Waals surface area (Å²) in [7, 11) is 1.68. The van der Waals surface area contributed by atoms with Crippen LogP contribution in [-0.4, -0.2) is 28.5 Å². The fourth-order valence-corrected chi connectivity index (χ4v) is 1.90. The van der Waals surface area contributed by atoms with Crippen LogP contribution in [0.4, 0.5) is 0 Å². The largest absolute Gasteiger partial charge is 0.383 e. The SMILES string of the molecule is COCCn1ncc2cncc(Br)c21. The van der Waals surface area contributed by atoms with Crippen molar-refractivity contribution in [3.63, 3.8) is 0 Å². The Hall–Kier alpha value is -0.940. The van der Waals surface area contributed by atoms with Crippen LogP contribution >= 0.6 is 15.9 Å². The molecule has 5 heteroatoms. The van der Waals surface area contributed by atoms with E-state index in [4.69, 9.17) is 4.74 Å². The van der Waals surface area contributed by atoms with E-state index in [-0.39, 0.29) is 0 Å². The number of aromatic nitrogens is 3. The van der Waals surface area contributed by atoms with E-state index in [0.29, 0.717) is 6.61 Å². The second-order valence-corrected chi connectivity index (χ2v) is 3.77. The Kier molecular flexibility index (Phi) is 2.79. The first-order valence-corrected chi connectivity index (χ1v) is 5.06. The Morgan fingerprint density at radius 2 is 2.29 bits per heavy atom. The number of halogens is 1. The van der Waals surface area contributed by atoms with Crippen LogP contribution in [0.2, 0.25) is 0 Å². The molecule has 0 saturated heterocycles. The minimum atomic E-state index is 0.658. The summed E-state index contributed by atoms with van der Waals surface area (Å²) in [4.78, 5) is 4.07. The Balaban J connectivity index is 2.45. The summed E-state index contributed by atoms with van der Waals surface area (Å²) in [6.45, 7) is 1.41. The topological polar surface area (TPSA) is 39.9 Å². The van der Waals surface area contributed by atoms with Gasteiger partial charge in [-0.1, -0.05) is 0 Å². The van der Waals surface area contributed by atoms with Crippen LogP contribution in [0.15, 0.2) is 23.1 Å². The van der Waals surface area contributed by atoms with Crippen molar-refractivity contribution in [1.29, 1.82) is 0 Å². The summed E-state index contributed by atoms with van der Waals surface area (Å²) in [6.07, 6.45) is 5.38. The second-order valence-electron chi connectivity index (χ2n) is 2.92. The zero-order valence-electron chi connectivity index (χ0n) is 7.77. The van der Waals surface area contributed by atoms with E-state index in [9.17, 15) is 0 Å². The molecule has 2 rings (SSSR count). The average Bonchev–Trinajstić information content (AvgIpc) is 2.59. The Morgan fingerprint density at radius 3 is 3.07 bits per heavy atom. The summed E-state index contributed by atoms with van der Waals surface area (Å²) in [5, 5.41) is 5.30. The van der Waals surface area contributed by atoms with E-state index >= 15 is 0 Å². The van der Waals surface area contributed by atoms with Gasteiger partial charge in [0.2, 0.25) is 0 Å². The maximum Gasteiger partial charge on any atom is 0.0856 e. The van der Waals surface area contributed by atoms with Gasteiger partial charge in [0, 0.05) is 24.9 Å². The summed E-state index contributed by atoms with van der Waals surface area (Å²) < 4.78 is 7.88. The van der Waals surface area contributed by atoms with E-state index in [0.717, 1.165) is 21.9 Å². The van der Waals surface area contributed by atoms with Crippen LogP contribution < -0.4 is 0 Å². The first-order chi connectivity index (χ1) is 6.83. The first-order valence-electron chi connectivity index (χ1n) is 4.27. The molecule has 0 aliphatic rings. The van der Waals surface area contributed by atoms with Gasteiger partial charge in [0.15, 0.2) is 0 Å². The Bertz CT molecular complexity index is 441. The van der Waals surface area contributed by atoms with Gasteiger partial charge in [-0.05, 0) is 15.9 Å². The van der Waals surface area contributed by atoms with Gasteiger partial charge >= 0.3 is 0 Å².